The number of hydrogen-bond acceptors (Lipinski definition) is 3. The Balaban J connectivity index is 1.75. The Bertz CT molecular complexity index is 814. The molecule has 0 saturated carbocycles. The number of carbonyl (C=O) groups is 1. The van der Waals surface area contributed by atoms with Gasteiger partial charge in [0.2, 0.25) is 5.95 Å². The van der Waals surface area contributed by atoms with Gasteiger partial charge in [0, 0.05) is 16.9 Å². The summed E-state index contributed by atoms with van der Waals surface area (Å²) in [6.07, 6.45) is 1.77. The van der Waals surface area contributed by atoms with Gasteiger partial charge in [-0.15, -0.1) is 10.2 Å². The van der Waals surface area contributed by atoms with E-state index in [1.807, 2.05) is 25.1 Å². The first-order valence-corrected chi connectivity index (χ1v) is 6.65. The van der Waals surface area contributed by atoms with Gasteiger partial charge in [0.15, 0.2) is 5.65 Å². The Labute approximate surface area is 125 Å². The second-order valence-electron chi connectivity index (χ2n) is 4.50. The van der Waals surface area contributed by atoms with Crippen LogP contribution in [-0.4, -0.2) is 20.6 Å². The predicted molar refractivity (Wildman–Crippen MR) is 81.8 cm³/mol. The summed E-state index contributed by atoms with van der Waals surface area (Å²) in [4.78, 5) is 12.0. The zero-order valence-corrected chi connectivity index (χ0v) is 11.9. The van der Waals surface area contributed by atoms with Gasteiger partial charge in [0.25, 0.3) is 0 Å². The zero-order valence-electron chi connectivity index (χ0n) is 11.2. The highest BCUT2D eigenvalue weighted by Crippen LogP contribution is 2.20. The minimum Gasteiger partial charge on any atom is -0.308 e. The van der Waals surface area contributed by atoms with Crippen LogP contribution in [0, 0.1) is 6.92 Å². The third-order valence-corrected chi connectivity index (χ3v) is 3.38. The molecule has 0 atom stereocenters. The van der Waals surface area contributed by atoms with Gasteiger partial charge < -0.3 is 5.32 Å². The monoisotopic (exact) mass is 301 g/mol. The lowest BCUT2D eigenvalue weighted by Crippen LogP contribution is -2.20. The number of urea groups is 1. The molecular formula is C14H12ClN5O. The summed E-state index contributed by atoms with van der Waals surface area (Å²) < 4.78 is 1.68. The van der Waals surface area contributed by atoms with Crippen molar-refractivity contribution in [2.45, 2.75) is 6.92 Å². The van der Waals surface area contributed by atoms with E-state index in [1.165, 1.54) is 0 Å². The van der Waals surface area contributed by atoms with Gasteiger partial charge >= 0.3 is 6.03 Å². The molecule has 21 heavy (non-hydrogen) atoms. The molecule has 1 aromatic carbocycles. The van der Waals surface area contributed by atoms with E-state index < -0.39 is 6.03 Å². The summed E-state index contributed by atoms with van der Waals surface area (Å²) in [6, 6.07) is 10.4. The molecule has 0 spiro atoms. The minimum absolute atomic E-state index is 0.348. The molecule has 0 saturated heterocycles. The average molecular weight is 302 g/mol. The maximum Gasteiger partial charge on any atom is 0.326 e. The molecule has 0 aliphatic heterocycles. The number of nitrogens with one attached hydrogen (secondary N) is 2. The van der Waals surface area contributed by atoms with Crippen LogP contribution >= 0.6 is 11.6 Å². The Kier molecular flexibility index (Phi) is 3.45. The second kappa shape index (κ2) is 5.41. The predicted octanol–water partition coefficient (Wildman–Crippen LogP) is 3.34. The molecular weight excluding hydrogens is 290 g/mol. The first kappa shape index (κ1) is 13.4. The molecule has 3 aromatic rings. The van der Waals surface area contributed by atoms with Crippen molar-refractivity contribution in [3.05, 3.63) is 53.2 Å². The Morgan fingerprint density at radius 3 is 2.86 bits per heavy atom. The Morgan fingerprint density at radius 2 is 2.05 bits per heavy atom. The third kappa shape index (κ3) is 2.80. The smallest absolute Gasteiger partial charge is 0.308 e. The van der Waals surface area contributed by atoms with Crippen LogP contribution in [0.2, 0.25) is 5.02 Å². The molecule has 2 heterocycles. The van der Waals surface area contributed by atoms with Crippen LogP contribution in [-0.2, 0) is 0 Å². The summed E-state index contributed by atoms with van der Waals surface area (Å²) in [6.45, 7) is 1.90. The van der Waals surface area contributed by atoms with Crippen molar-refractivity contribution in [3.8, 4) is 0 Å². The minimum atomic E-state index is -0.409. The first-order chi connectivity index (χ1) is 10.1. The van der Waals surface area contributed by atoms with Crippen LogP contribution < -0.4 is 10.6 Å². The third-order valence-electron chi connectivity index (χ3n) is 2.97. The normalized spacial score (nSPS) is 10.6. The zero-order chi connectivity index (χ0) is 14.8. The van der Waals surface area contributed by atoms with Gasteiger partial charge in [-0.05, 0) is 36.8 Å². The lowest BCUT2D eigenvalue weighted by atomic mass is 10.2. The van der Waals surface area contributed by atoms with Crippen molar-refractivity contribution >= 4 is 34.9 Å². The van der Waals surface area contributed by atoms with E-state index in [0.29, 0.717) is 22.3 Å². The van der Waals surface area contributed by atoms with Crippen molar-refractivity contribution in [1.29, 1.82) is 0 Å². The van der Waals surface area contributed by atoms with Gasteiger partial charge in [-0.1, -0.05) is 23.7 Å². The summed E-state index contributed by atoms with van der Waals surface area (Å²) in [5, 5.41) is 13.8. The fraction of sp³-hybridized carbons (Fsp3) is 0.0714. The van der Waals surface area contributed by atoms with Crippen molar-refractivity contribution < 1.29 is 4.79 Å². The lowest BCUT2D eigenvalue weighted by molar-refractivity contribution is 0.262. The number of halogens is 1. The number of nitrogens with zero attached hydrogens (tertiary/aromatic N) is 3. The van der Waals surface area contributed by atoms with E-state index in [4.69, 9.17) is 11.6 Å². The molecule has 7 heteroatoms. The maximum absolute atomic E-state index is 12.0. The molecule has 0 unspecified atom stereocenters. The number of fused-ring (bicyclic) bond motifs is 1. The molecule has 2 amide bonds. The number of rotatable bonds is 2. The van der Waals surface area contributed by atoms with Crippen LogP contribution in [0.1, 0.15) is 5.56 Å². The van der Waals surface area contributed by atoms with Gasteiger partial charge in [0.1, 0.15) is 0 Å². The average Bonchev–Trinajstić information content (AvgIpc) is 2.86. The van der Waals surface area contributed by atoms with E-state index >= 15 is 0 Å². The summed E-state index contributed by atoms with van der Waals surface area (Å²) in [5.74, 6) is 0.348. The highest BCUT2D eigenvalue weighted by molar-refractivity contribution is 6.31. The number of aryl methyl sites for hydroxylation is 1. The molecule has 0 aliphatic carbocycles. The standard InChI is InChI=1S/C14H12ClN5O/c1-9-5-6-10(8-11(9)15)16-14(21)17-13-19-18-12-4-2-3-7-20(12)13/h2-8H,1H3,(H2,16,17,19,21). The van der Waals surface area contributed by atoms with Gasteiger partial charge in [-0.2, -0.15) is 0 Å². The van der Waals surface area contributed by atoms with Gasteiger partial charge in [0.05, 0.1) is 0 Å². The SMILES string of the molecule is Cc1ccc(NC(=O)Nc2nnc3ccccn23)cc1Cl. The summed E-state index contributed by atoms with van der Waals surface area (Å²) in [5.41, 5.74) is 2.22. The van der Waals surface area contributed by atoms with E-state index in [-0.39, 0.29) is 0 Å². The number of aromatic nitrogens is 3. The number of benzene rings is 1. The molecule has 0 fully saturated rings. The van der Waals surface area contributed by atoms with E-state index in [9.17, 15) is 4.79 Å². The first-order valence-electron chi connectivity index (χ1n) is 6.27. The summed E-state index contributed by atoms with van der Waals surface area (Å²) >= 11 is 6.02. The van der Waals surface area contributed by atoms with Crippen LogP contribution in [0.15, 0.2) is 42.6 Å². The fourth-order valence-electron chi connectivity index (χ4n) is 1.86. The molecule has 106 valence electrons. The number of anilines is 2. The highest BCUT2D eigenvalue weighted by atomic mass is 35.5. The van der Waals surface area contributed by atoms with Crippen LogP contribution in [0.4, 0.5) is 16.4 Å². The van der Waals surface area contributed by atoms with Crippen molar-refractivity contribution in [2.75, 3.05) is 10.6 Å². The van der Waals surface area contributed by atoms with Crippen molar-refractivity contribution in [2.24, 2.45) is 0 Å². The highest BCUT2D eigenvalue weighted by Gasteiger charge is 2.09. The lowest BCUT2D eigenvalue weighted by Gasteiger charge is -2.07. The number of pyridine rings is 1. The molecule has 2 aromatic heterocycles. The van der Waals surface area contributed by atoms with Crippen molar-refractivity contribution in [3.63, 3.8) is 0 Å². The number of carbonyl (C=O) groups excluding carboxylic acids is 1. The van der Waals surface area contributed by atoms with Crippen LogP contribution in [0.5, 0.6) is 0 Å². The Morgan fingerprint density at radius 1 is 1.19 bits per heavy atom. The van der Waals surface area contributed by atoms with Crippen LogP contribution in [0.25, 0.3) is 5.65 Å². The maximum atomic E-state index is 12.0. The quantitative estimate of drug-likeness (QED) is 0.762. The fourth-order valence-corrected chi connectivity index (χ4v) is 2.04. The molecule has 3 rings (SSSR count). The number of amides is 2. The van der Waals surface area contributed by atoms with Crippen LogP contribution in [0.3, 0.4) is 0 Å². The topological polar surface area (TPSA) is 71.3 Å². The van der Waals surface area contributed by atoms with Crippen molar-refractivity contribution in [1.82, 2.24) is 14.6 Å². The molecule has 6 nitrogen and oxygen atoms in total. The van der Waals surface area contributed by atoms with E-state index in [0.717, 1.165) is 5.56 Å². The van der Waals surface area contributed by atoms with E-state index in [1.54, 1.807) is 28.8 Å². The second-order valence-corrected chi connectivity index (χ2v) is 4.90. The molecule has 2 N–H and O–H groups in total. The van der Waals surface area contributed by atoms with Gasteiger partial charge in [-0.25, -0.2) is 4.79 Å². The summed E-state index contributed by atoms with van der Waals surface area (Å²) in [7, 11) is 0. The molecule has 0 radical (unpaired) electrons. The Hall–Kier alpha value is -2.60. The molecule has 0 aliphatic rings. The van der Waals surface area contributed by atoms with Gasteiger partial charge in [-0.3, -0.25) is 9.72 Å². The largest absolute Gasteiger partial charge is 0.326 e. The molecule has 0 bridgehead atoms. The van der Waals surface area contributed by atoms with E-state index in [2.05, 4.69) is 20.8 Å². The number of hydrogen-bond donors (Lipinski definition) is 2.